The lowest BCUT2D eigenvalue weighted by molar-refractivity contribution is 0.0396. The molecule has 1 aliphatic carbocycles. The van der Waals surface area contributed by atoms with Crippen LogP contribution in [-0.4, -0.2) is 49.7 Å². The zero-order valence-electron chi connectivity index (χ0n) is 16.7. The van der Waals surface area contributed by atoms with Gasteiger partial charge in [0.1, 0.15) is 11.4 Å². The van der Waals surface area contributed by atoms with E-state index in [2.05, 4.69) is 65.7 Å². The highest BCUT2D eigenvalue weighted by Gasteiger charge is 2.43. The zero-order valence-corrected chi connectivity index (χ0v) is 16.7. The summed E-state index contributed by atoms with van der Waals surface area (Å²) < 4.78 is 6.46. The summed E-state index contributed by atoms with van der Waals surface area (Å²) in [6.45, 7) is 6.30. The number of hydrogen-bond donors (Lipinski definition) is 2. The van der Waals surface area contributed by atoms with Crippen LogP contribution in [0.3, 0.4) is 0 Å². The molecule has 0 saturated heterocycles. The van der Waals surface area contributed by atoms with Crippen molar-refractivity contribution in [3.05, 3.63) is 29.8 Å². The number of benzene rings is 1. The highest BCUT2D eigenvalue weighted by atomic mass is 16.5. The molecule has 2 N–H and O–H groups in total. The van der Waals surface area contributed by atoms with Gasteiger partial charge in [-0.2, -0.15) is 0 Å². The van der Waals surface area contributed by atoms with E-state index < -0.39 is 0 Å². The molecule has 1 atom stereocenters. The second kappa shape index (κ2) is 8.30. The topological polar surface area (TPSA) is 48.9 Å². The zero-order chi connectivity index (χ0) is 18.6. The van der Waals surface area contributed by atoms with Crippen LogP contribution in [0, 0.1) is 0 Å². The number of para-hydroxylation sites is 1. The van der Waals surface area contributed by atoms with Crippen molar-refractivity contribution < 1.29 is 4.74 Å². The number of fused-ring (bicyclic) bond motifs is 1. The van der Waals surface area contributed by atoms with Gasteiger partial charge in [-0.3, -0.25) is 4.99 Å². The molecular formula is C21H34N4O. The molecule has 1 fully saturated rings. The van der Waals surface area contributed by atoms with E-state index in [4.69, 9.17) is 4.74 Å². The fraction of sp³-hybridized carbons (Fsp3) is 0.667. The molecule has 0 aromatic heterocycles. The molecule has 26 heavy (non-hydrogen) atoms. The van der Waals surface area contributed by atoms with E-state index in [0.29, 0.717) is 6.04 Å². The maximum Gasteiger partial charge on any atom is 0.191 e. The summed E-state index contributed by atoms with van der Waals surface area (Å²) in [5, 5.41) is 7.13. The van der Waals surface area contributed by atoms with Crippen LogP contribution < -0.4 is 15.4 Å². The van der Waals surface area contributed by atoms with Gasteiger partial charge in [-0.05, 0) is 52.6 Å². The first-order valence-corrected chi connectivity index (χ1v) is 9.98. The highest BCUT2D eigenvalue weighted by Crippen LogP contribution is 2.46. The van der Waals surface area contributed by atoms with E-state index in [9.17, 15) is 0 Å². The van der Waals surface area contributed by atoms with Gasteiger partial charge in [0, 0.05) is 38.2 Å². The molecular weight excluding hydrogens is 324 g/mol. The number of likely N-dealkylation sites (N-methyl/N-ethyl adjacent to an activating group) is 1. The van der Waals surface area contributed by atoms with Crippen LogP contribution in [0.2, 0.25) is 0 Å². The first-order chi connectivity index (χ1) is 12.5. The van der Waals surface area contributed by atoms with Gasteiger partial charge in [-0.1, -0.05) is 18.2 Å². The summed E-state index contributed by atoms with van der Waals surface area (Å²) in [5.41, 5.74) is 1.25. The molecule has 0 bridgehead atoms. The number of aliphatic imine (C=N–C) groups is 1. The summed E-state index contributed by atoms with van der Waals surface area (Å²) in [5.74, 6) is 1.91. The largest absolute Gasteiger partial charge is 0.487 e. The third kappa shape index (κ3) is 4.32. The summed E-state index contributed by atoms with van der Waals surface area (Å²) >= 11 is 0. The molecule has 0 radical (unpaired) electrons. The molecule has 1 aromatic carbocycles. The molecule has 5 nitrogen and oxygen atoms in total. The van der Waals surface area contributed by atoms with Gasteiger partial charge in [0.05, 0.1) is 6.04 Å². The standard InChI is InChI=1S/C21H34N4O/c1-16(2)25(4)14-13-23-20(22-3)24-18-15-21(11-7-8-12-21)26-19-10-6-5-9-17(18)19/h5-6,9-10,16,18H,7-8,11-15H2,1-4H3,(H2,22,23,24). The lowest BCUT2D eigenvalue weighted by Crippen LogP contribution is -2.47. The Labute approximate surface area is 158 Å². The Hall–Kier alpha value is -1.75. The fourth-order valence-electron chi connectivity index (χ4n) is 4.04. The van der Waals surface area contributed by atoms with Crippen LogP contribution in [0.5, 0.6) is 5.75 Å². The smallest absolute Gasteiger partial charge is 0.191 e. The number of hydrogen-bond acceptors (Lipinski definition) is 3. The van der Waals surface area contributed by atoms with Gasteiger partial charge in [-0.25, -0.2) is 0 Å². The Balaban J connectivity index is 1.66. The third-order valence-electron chi connectivity index (χ3n) is 5.88. The number of rotatable bonds is 5. The molecule has 1 aromatic rings. The Morgan fingerprint density at radius 3 is 2.73 bits per heavy atom. The van der Waals surface area contributed by atoms with Gasteiger partial charge in [0.15, 0.2) is 5.96 Å². The van der Waals surface area contributed by atoms with Gasteiger partial charge in [-0.15, -0.1) is 0 Å². The molecule has 1 heterocycles. The van der Waals surface area contributed by atoms with Crippen LogP contribution in [-0.2, 0) is 0 Å². The summed E-state index contributed by atoms with van der Waals surface area (Å²) in [6.07, 6.45) is 5.86. The van der Waals surface area contributed by atoms with Crippen LogP contribution in [0.25, 0.3) is 0 Å². The van der Waals surface area contributed by atoms with Crippen LogP contribution >= 0.6 is 0 Å². The molecule has 1 saturated carbocycles. The van der Waals surface area contributed by atoms with Crippen molar-refractivity contribution in [2.24, 2.45) is 4.99 Å². The van der Waals surface area contributed by atoms with E-state index in [0.717, 1.165) is 44.1 Å². The number of nitrogens with zero attached hydrogens (tertiary/aromatic N) is 2. The van der Waals surface area contributed by atoms with Crippen molar-refractivity contribution in [1.82, 2.24) is 15.5 Å². The third-order valence-corrected chi connectivity index (χ3v) is 5.88. The van der Waals surface area contributed by atoms with Gasteiger partial charge in [0.25, 0.3) is 0 Å². The molecule has 1 spiro atoms. The van der Waals surface area contributed by atoms with Crippen molar-refractivity contribution in [3.8, 4) is 5.75 Å². The minimum atomic E-state index is 0.00271. The second-order valence-corrected chi connectivity index (χ2v) is 8.00. The minimum absolute atomic E-state index is 0.00271. The van der Waals surface area contributed by atoms with Crippen LogP contribution in [0.15, 0.2) is 29.3 Å². The summed E-state index contributed by atoms with van der Waals surface area (Å²) in [7, 11) is 4.00. The van der Waals surface area contributed by atoms with Crippen molar-refractivity contribution in [2.45, 2.75) is 63.6 Å². The number of guanidine groups is 1. The van der Waals surface area contributed by atoms with E-state index >= 15 is 0 Å². The highest BCUT2D eigenvalue weighted by molar-refractivity contribution is 5.80. The Kier molecular flexibility index (Phi) is 6.07. The van der Waals surface area contributed by atoms with Gasteiger partial charge in [0.2, 0.25) is 0 Å². The van der Waals surface area contributed by atoms with Crippen molar-refractivity contribution in [2.75, 3.05) is 27.2 Å². The van der Waals surface area contributed by atoms with Crippen LogP contribution in [0.4, 0.5) is 0 Å². The first kappa shape index (κ1) is 19.0. The van der Waals surface area contributed by atoms with Crippen molar-refractivity contribution in [1.29, 1.82) is 0 Å². The normalized spacial score (nSPS) is 21.8. The molecule has 1 aliphatic heterocycles. The van der Waals surface area contributed by atoms with E-state index in [1.54, 1.807) is 0 Å². The minimum Gasteiger partial charge on any atom is -0.487 e. The quantitative estimate of drug-likeness (QED) is 0.626. The summed E-state index contributed by atoms with van der Waals surface area (Å²) in [4.78, 5) is 6.78. The Morgan fingerprint density at radius 1 is 1.31 bits per heavy atom. The second-order valence-electron chi connectivity index (χ2n) is 8.00. The fourth-order valence-corrected chi connectivity index (χ4v) is 4.04. The average molecular weight is 359 g/mol. The molecule has 144 valence electrons. The molecule has 5 heteroatoms. The van der Waals surface area contributed by atoms with E-state index in [1.165, 1.54) is 18.4 Å². The SMILES string of the molecule is CN=C(NCCN(C)C(C)C)NC1CC2(CCCC2)Oc2ccccc21. The maximum atomic E-state index is 6.46. The predicted molar refractivity (Wildman–Crippen MR) is 108 cm³/mol. The average Bonchev–Trinajstić information content (AvgIpc) is 3.07. The van der Waals surface area contributed by atoms with Crippen molar-refractivity contribution in [3.63, 3.8) is 0 Å². The molecule has 0 amide bonds. The Bertz CT molecular complexity index is 622. The summed E-state index contributed by atoms with van der Waals surface area (Å²) in [6, 6.07) is 9.24. The van der Waals surface area contributed by atoms with Gasteiger partial charge >= 0.3 is 0 Å². The lowest BCUT2D eigenvalue weighted by atomic mass is 9.86. The number of nitrogens with one attached hydrogen (secondary N) is 2. The first-order valence-electron chi connectivity index (χ1n) is 9.98. The lowest BCUT2D eigenvalue weighted by Gasteiger charge is -2.40. The van der Waals surface area contributed by atoms with E-state index in [1.807, 2.05) is 7.05 Å². The van der Waals surface area contributed by atoms with Crippen LogP contribution in [0.1, 0.15) is 57.6 Å². The number of ether oxygens (including phenoxy) is 1. The molecule has 3 rings (SSSR count). The molecule has 2 aliphatic rings. The maximum absolute atomic E-state index is 6.46. The molecule has 1 unspecified atom stereocenters. The monoisotopic (exact) mass is 358 g/mol. The van der Waals surface area contributed by atoms with E-state index in [-0.39, 0.29) is 11.6 Å². The Morgan fingerprint density at radius 2 is 2.04 bits per heavy atom. The van der Waals surface area contributed by atoms with Gasteiger partial charge < -0.3 is 20.3 Å². The van der Waals surface area contributed by atoms with Crippen molar-refractivity contribution >= 4 is 5.96 Å². The predicted octanol–water partition coefficient (Wildman–Crippen LogP) is 3.33.